The second kappa shape index (κ2) is 2.91. The summed E-state index contributed by atoms with van der Waals surface area (Å²) in [7, 11) is 0. The van der Waals surface area contributed by atoms with E-state index in [-0.39, 0.29) is 0 Å². The first-order valence-electron chi connectivity index (χ1n) is 3.83. The molecule has 0 nitrogen and oxygen atoms in total. The molecule has 0 amide bonds. The van der Waals surface area contributed by atoms with Crippen LogP contribution in [0, 0.1) is 0 Å². The van der Waals surface area contributed by atoms with E-state index in [1.165, 1.54) is 16.7 Å². The fraction of sp³-hybridized carbons (Fsp3) is 0.273. The molecule has 1 rings (SSSR count). The molecule has 0 spiro atoms. The number of allylic oxidation sites excluding steroid dienone is 6. The van der Waals surface area contributed by atoms with E-state index < -0.39 is 0 Å². The second-order valence-corrected chi connectivity index (χ2v) is 3.07. The Hall–Kier alpha value is -1.04. The van der Waals surface area contributed by atoms with Gasteiger partial charge in [0.15, 0.2) is 0 Å². The highest BCUT2D eigenvalue weighted by Crippen LogP contribution is 2.24. The van der Waals surface area contributed by atoms with Crippen LogP contribution in [0.2, 0.25) is 0 Å². The van der Waals surface area contributed by atoms with Crippen molar-refractivity contribution >= 4 is 0 Å². The standard InChI is InChI=1S/C11H14/c1-8(2)11-6-5-9(3)10(4)7-11/h6-7H,1,3,5H2,2,4H3. The smallest absolute Gasteiger partial charge is 0.00916 e. The Bertz CT molecular complexity index is 262. The predicted molar refractivity (Wildman–Crippen MR) is 50.4 cm³/mol. The van der Waals surface area contributed by atoms with Gasteiger partial charge in [0.05, 0.1) is 0 Å². The molecular weight excluding hydrogens is 132 g/mol. The lowest BCUT2D eigenvalue weighted by Crippen LogP contribution is -1.92. The Kier molecular flexibility index (Phi) is 2.13. The zero-order chi connectivity index (χ0) is 8.43. The van der Waals surface area contributed by atoms with Crippen molar-refractivity contribution < 1.29 is 0 Å². The van der Waals surface area contributed by atoms with Gasteiger partial charge < -0.3 is 0 Å². The third-order valence-electron chi connectivity index (χ3n) is 1.99. The minimum absolute atomic E-state index is 0.977. The van der Waals surface area contributed by atoms with Crippen LogP contribution >= 0.6 is 0 Å². The highest BCUT2D eigenvalue weighted by molar-refractivity contribution is 5.47. The molecule has 0 atom stereocenters. The average Bonchev–Trinajstić information content (AvgIpc) is 1.94. The molecule has 0 aromatic rings. The molecule has 0 fully saturated rings. The van der Waals surface area contributed by atoms with Gasteiger partial charge in [-0.2, -0.15) is 0 Å². The summed E-state index contributed by atoms with van der Waals surface area (Å²) >= 11 is 0. The van der Waals surface area contributed by atoms with Crippen LogP contribution in [0.5, 0.6) is 0 Å². The minimum atomic E-state index is 0.977. The lowest BCUT2D eigenvalue weighted by molar-refractivity contribution is 1.16. The highest BCUT2D eigenvalue weighted by atomic mass is 14.1. The van der Waals surface area contributed by atoms with Gasteiger partial charge in [0, 0.05) is 0 Å². The Morgan fingerprint density at radius 1 is 1.55 bits per heavy atom. The molecule has 0 unspecified atom stereocenters. The first-order chi connectivity index (χ1) is 5.11. The zero-order valence-electron chi connectivity index (χ0n) is 7.28. The SMILES string of the molecule is C=C(C)C1=CCC(=C)C(C)=C1. The molecule has 0 N–H and O–H groups in total. The molecule has 58 valence electrons. The van der Waals surface area contributed by atoms with Gasteiger partial charge in [-0.3, -0.25) is 0 Å². The summed E-state index contributed by atoms with van der Waals surface area (Å²) in [4.78, 5) is 0. The third kappa shape index (κ3) is 1.70. The van der Waals surface area contributed by atoms with Crippen LogP contribution in [0.1, 0.15) is 20.3 Å². The molecule has 0 radical (unpaired) electrons. The van der Waals surface area contributed by atoms with Crippen LogP contribution in [0.15, 0.2) is 47.6 Å². The summed E-state index contributed by atoms with van der Waals surface area (Å²) in [5, 5.41) is 0. The molecule has 0 aromatic heterocycles. The molecule has 0 aliphatic heterocycles. The maximum absolute atomic E-state index is 3.95. The van der Waals surface area contributed by atoms with Crippen molar-refractivity contribution in [3.05, 3.63) is 47.6 Å². The predicted octanol–water partition coefficient (Wildman–Crippen LogP) is 3.40. The Morgan fingerprint density at radius 3 is 2.64 bits per heavy atom. The first-order valence-corrected chi connectivity index (χ1v) is 3.83. The van der Waals surface area contributed by atoms with Crippen LogP contribution in [0.3, 0.4) is 0 Å². The molecule has 0 heteroatoms. The number of hydrogen-bond donors (Lipinski definition) is 0. The Balaban J connectivity index is 2.91. The van der Waals surface area contributed by atoms with Gasteiger partial charge in [-0.05, 0) is 37.0 Å². The van der Waals surface area contributed by atoms with E-state index in [0.717, 1.165) is 12.0 Å². The van der Waals surface area contributed by atoms with Crippen molar-refractivity contribution in [3.8, 4) is 0 Å². The summed E-state index contributed by atoms with van der Waals surface area (Å²) < 4.78 is 0. The lowest BCUT2D eigenvalue weighted by atomic mass is 9.94. The molecule has 0 aromatic carbocycles. The molecule has 1 aliphatic carbocycles. The van der Waals surface area contributed by atoms with Crippen LogP contribution < -0.4 is 0 Å². The number of rotatable bonds is 1. The number of hydrogen-bond acceptors (Lipinski definition) is 0. The van der Waals surface area contributed by atoms with Crippen molar-refractivity contribution in [2.24, 2.45) is 0 Å². The van der Waals surface area contributed by atoms with E-state index in [1.807, 2.05) is 6.92 Å². The van der Waals surface area contributed by atoms with Crippen molar-refractivity contribution in [2.45, 2.75) is 20.3 Å². The fourth-order valence-electron chi connectivity index (χ4n) is 1.09. The Labute approximate surface area is 68.6 Å². The van der Waals surface area contributed by atoms with Gasteiger partial charge in [-0.15, -0.1) is 0 Å². The van der Waals surface area contributed by atoms with E-state index in [4.69, 9.17) is 0 Å². The van der Waals surface area contributed by atoms with Crippen molar-refractivity contribution in [1.82, 2.24) is 0 Å². The van der Waals surface area contributed by atoms with Crippen LogP contribution in [-0.2, 0) is 0 Å². The summed E-state index contributed by atoms with van der Waals surface area (Å²) in [5.74, 6) is 0. The van der Waals surface area contributed by atoms with E-state index in [1.54, 1.807) is 0 Å². The van der Waals surface area contributed by atoms with E-state index in [9.17, 15) is 0 Å². The monoisotopic (exact) mass is 146 g/mol. The van der Waals surface area contributed by atoms with Crippen LogP contribution in [0.25, 0.3) is 0 Å². The van der Waals surface area contributed by atoms with Crippen molar-refractivity contribution in [3.63, 3.8) is 0 Å². The average molecular weight is 146 g/mol. The highest BCUT2D eigenvalue weighted by Gasteiger charge is 2.04. The molecule has 0 heterocycles. The van der Waals surface area contributed by atoms with Crippen LogP contribution in [-0.4, -0.2) is 0 Å². The molecule has 1 aliphatic rings. The molecular formula is C11H14. The molecule has 0 saturated heterocycles. The molecule has 0 saturated carbocycles. The zero-order valence-corrected chi connectivity index (χ0v) is 7.28. The lowest BCUT2D eigenvalue weighted by Gasteiger charge is -2.12. The van der Waals surface area contributed by atoms with Crippen LogP contribution in [0.4, 0.5) is 0 Å². The Morgan fingerprint density at radius 2 is 2.18 bits per heavy atom. The van der Waals surface area contributed by atoms with Gasteiger partial charge in [0.2, 0.25) is 0 Å². The topological polar surface area (TPSA) is 0 Å². The van der Waals surface area contributed by atoms with E-state index in [0.29, 0.717) is 0 Å². The maximum atomic E-state index is 3.95. The quantitative estimate of drug-likeness (QED) is 0.532. The van der Waals surface area contributed by atoms with Gasteiger partial charge >= 0.3 is 0 Å². The second-order valence-electron chi connectivity index (χ2n) is 3.07. The van der Waals surface area contributed by atoms with E-state index >= 15 is 0 Å². The van der Waals surface area contributed by atoms with Gasteiger partial charge in [-0.1, -0.05) is 30.9 Å². The summed E-state index contributed by atoms with van der Waals surface area (Å²) in [5.41, 5.74) is 4.90. The van der Waals surface area contributed by atoms with Gasteiger partial charge in [0.25, 0.3) is 0 Å². The molecule has 0 bridgehead atoms. The first kappa shape index (κ1) is 8.06. The molecule has 11 heavy (non-hydrogen) atoms. The normalized spacial score (nSPS) is 17.5. The summed E-state index contributed by atoms with van der Waals surface area (Å²) in [6.45, 7) is 12.0. The fourth-order valence-corrected chi connectivity index (χ4v) is 1.09. The van der Waals surface area contributed by atoms with Crippen molar-refractivity contribution in [2.75, 3.05) is 0 Å². The van der Waals surface area contributed by atoms with Crippen molar-refractivity contribution in [1.29, 1.82) is 0 Å². The van der Waals surface area contributed by atoms with Gasteiger partial charge in [-0.25, -0.2) is 0 Å². The van der Waals surface area contributed by atoms with E-state index in [2.05, 4.69) is 32.2 Å². The summed E-state index contributed by atoms with van der Waals surface area (Å²) in [6, 6.07) is 0. The third-order valence-corrected chi connectivity index (χ3v) is 1.99. The minimum Gasteiger partial charge on any atom is -0.0955 e. The maximum Gasteiger partial charge on any atom is -0.00916 e. The summed E-state index contributed by atoms with van der Waals surface area (Å²) in [6.07, 6.45) is 5.30. The van der Waals surface area contributed by atoms with Gasteiger partial charge in [0.1, 0.15) is 0 Å². The largest absolute Gasteiger partial charge is 0.0955 e.